The zero-order valence-corrected chi connectivity index (χ0v) is 13.4. The highest BCUT2D eigenvalue weighted by Crippen LogP contribution is 2.45. The lowest BCUT2D eigenvalue weighted by Gasteiger charge is -2.29. The maximum atomic E-state index is 10.2. The average molecular weight is 309 g/mol. The van der Waals surface area contributed by atoms with E-state index in [9.17, 15) is 5.11 Å². The average Bonchev–Trinajstić information content (AvgIpc) is 3.18. The first-order valence-corrected chi connectivity index (χ1v) is 9.09. The van der Waals surface area contributed by atoms with Crippen LogP contribution in [0.1, 0.15) is 51.4 Å². The fraction of sp³-hybridized carbons (Fsp3) is 0.938. The van der Waals surface area contributed by atoms with Gasteiger partial charge < -0.3 is 15.7 Å². The van der Waals surface area contributed by atoms with Gasteiger partial charge in [-0.05, 0) is 74.4 Å². The maximum absolute atomic E-state index is 10.2. The molecule has 4 N–H and O–H groups in total. The highest BCUT2D eigenvalue weighted by molar-refractivity contribution is 7.80. The molecule has 5 heteroatoms. The minimum absolute atomic E-state index is 0.469. The molecular formula is C16H27N3OS. The molecule has 0 saturated heterocycles. The Morgan fingerprint density at radius 2 is 1.52 bits per heavy atom. The lowest BCUT2D eigenvalue weighted by Crippen LogP contribution is -2.55. The minimum Gasteiger partial charge on any atom is -0.361 e. The maximum Gasteiger partial charge on any atom is 0.183 e. The van der Waals surface area contributed by atoms with E-state index in [-0.39, 0.29) is 0 Å². The van der Waals surface area contributed by atoms with Gasteiger partial charge in [-0.2, -0.15) is 0 Å². The third-order valence-electron chi connectivity index (χ3n) is 6.43. The molecule has 118 valence electrons. The molecule has 4 fully saturated rings. The molecular weight excluding hydrogens is 282 g/mol. The van der Waals surface area contributed by atoms with Crippen LogP contribution >= 0.6 is 12.2 Å². The van der Waals surface area contributed by atoms with Crippen LogP contribution in [-0.2, 0) is 0 Å². The standard InChI is InChI=1S/C16H27N3OS/c20-15(17-13-7-9-1-3-11(13)5-9)19-16(21)18-14-8-10-2-4-12(14)6-10/h9-15,17,20H,1-8H2,(H2,18,19,21). The van der Waals surface area contributed by atoms with Crippen LogP contribution in [0.25, 0.3) is 0 Å². The lowest BCUT2D eigenvalue weighted by molar-refractivity contribution is 0.0954. The molecule has 0 aromatic rings. The second kappa shape index (κ2) is 5.67. The number of fused-ring (bicyclic) bond motifs is 4. The number of thiocarbonyl (C=S) groups is 1. The lowest BCUT2D eigenvalue weighted by atomic mass is 9.95. The highest BCUT2D eigenvalue weighted by Gasteiger charge is 2.41. The second-order valence-electron chi connectivity index (χ2n) is 7.75. The van der Waals surface area contributed by atoms with Gasteiger partial charge in [-0.3, -0.25) is 5.32 Å². The van der Waals surface area contributed by atoms with Gasteiger partial charge in [-0.25, -0.2) is 0 Å². The number of hydrogen-bond donors (Lipinski definition) is 4. The third-order valence-corrected chi connectivity index (χ3v) is 6.67. The van der Waals surface area contributed by atoms with Crippen LogP contribution in [0, 0.1) is 23.7 Å². The second-order valence-corrected chi connectivity index (χ2v) is 8.16. The van der Waals surface area contributed by atoms with E-state index in [4.69, 9.17) is 12.2 Å². The zero-order valence-electron chi connectivity index (χ0n) is 12.6. The summed E-state index contributed by atoms with van der Waals surface area (Å²) >= 11 is 5.37. The molecule has 7 unspecified atom stereocenters. The Morgan fingerprint density at radius 3 is 2.05 bits per heavy atom. The fourth-order valence-corrected chi connectivity index (χ4v) is 5.71. The van der Waals surface area contributed by atoms with Gasteiger partial charge in [0.05, 0.1) is 0 Å². The van der Waals surface area contributed by atoms with Crippen molar-refractivity contribution >= 4 is 17.3 Å². The van der Waals surface area contributed by atoms with Gasteiger partial charge in [-0.1, -0.05) is 12.8 Å². The van der Waals surface area contributed by atoms with E-state index >= 15 is 0 Å². The van der Waals surface area contributed by atoms with Crippen molar-refractivity contribution in [2.75, 3.05) is 0 Å². The van der Waals surface area contributed by atoms with E-state index in [0.29, 0.717) is 17.2 Å². The van der Waals surface area contributed by atoms with E-state index in [0.717, 1.165) is 23.7 Å². The highest BCUT2D eigenvalue weighted by atomic mass is 32.1. The molecule has 4 aliphatic rings. The Morgan fingerprint density at radius 1 is 0.905 bits per heavy atom. The molecule has 0 heterocycles. The van der Waals surface area contributed by atoms with Crippen LogP contribution < -0.4 is 16.0 Å². The topological polar surface area (TPSA) is 56.3 Å². The summed E-state index contributed by atoms with van der Waals surface area (Å²) in [5.74, 6) is 3.36. The Kier molecular flexibility index (Phi) is 3.84. The molecule has 4 aliphatic carbocycles. The largest absolute Gasteiger partial charge is 0.361 e. The molecule has 0 amide bonds. The van der Waals surface area contributed by atoms with Crippen molar-refractivity contribution in [3.05, 3.63) is 0 Å². The summed E-state index contributed by atoms with van der Waals surface area (Å²) in [6.45, 7) is 0. The monoisotopic (exact) mass is 309 g/mol. The molecule has 21 heavy (non-hydrogen) atoms. The molecule has 0 aromatic heterocycles. The van der Waals surface area contributed by atoms with Crippen molar-refractivity contribution in [2.45, 2.75) is 69.8 Å². The smallest absolute Gasteiger partial charge is 0.183 e. The first kappa shape index (κ1) is 14.2. The van der Waals surface area contributed by atoms with Crippen molar-refractivity contribution in [1.29, 1.82) is 0 Å². The van der Waals surface area contributed by atoms with Crippen molar-refractivity contribution in [2.24, 2.45) is 23.7 Å². The van der Waals surface area contributed by atoms with Crippen LogP contribution in [0.5, 0.6) is 0 Å². The Hall–Kier alpha value is -0.390. The van der Waals surface area contributed by atoms with E-state index in [1.54, 1.807) is 0 Å². The predicted octanol–water partition coefficient (Wildman–Crippen LogP) is 1.69. The van der Waals surface area contributed by atoms with Crippen molar-refractivity contribution in [3.8, 4) is 0 Å². The molecule has 0 radical (unpaired) electrons. The summed E-state index contributed by atoms with van der Waals surface area (Å²) in [5, 5.41) is 20.5. The molecule has 4 bridgehead atoms. The molecule has 0 aliphatic heterocycles. The number of aliphatic hydroxyl groups is 1. The summed E-state index contributed by atoms with van der Waals surface area (Å²) in [6, 6.07) is 0.995. The molecule has 7 atom stereocenters. The van der Waals surface area contributed by atoms with Crippen LogP contribution in [0.3, 0.4) is 0 Å². The Balaban J connectivity index is 1.21. The van der Waals surface area contributed by atoms with Crippen LogP contribution in [0.4, 0.5) is 0 Å². The normalized spacial score (nSPS) is 45.0. The number of hydrogen-bond acceptors (Lipinski definition) is 3. The van der Waals surface area contributed by atoms with E-state index in [1.807, 2.05) is 0 Å². The van der Waals surface area contributed by atoms with E-state index in [2.05, 4.69) is 16.0 Å². The van der Waals surface area contributed by atoms with Crippen molar-refractivity contribution in [3.63, 3.8) is 0 Å². The van der Waals surface area contributed by atoms with Crippen molar-refractivity contribution < 1.29 is 5.11 Å². The van der Waals surface area contributed by atoms with Gasteiger partial charge in [0.25, 0.3) is 0 Å². The predicted molar refractivity (Wildman–Crippen MR) is 86.5 cm³/mol. The summed E-state index contributed by atoms with van der Waals surface area (Å²) < 4.78 is 0. The van der Waals surface area contributed by atoms with Gasteiger partial charge in [0.15, 0.2) is 11.5 Å². The summed E-state index contributed by atoms with van der Waals surface area (Å²) in [4.78, 5) is 0. The summed E-state index contributed by atoms with van der Waals surface area (Å²) in [5.41, 5.74) is 0. The number of aliphatic hydroxyl groups excluding tert-OH is 1. The van der Waals surface area contributed by atoms with Crippen LogP contribution in [0.15, 0.2) is 0 Å². The minimum atomic E-state index is -0.715. The van der Waals surface area contributed by atoms with Gasteiger partial charge in [0.2, 0.25) is 0 Å². The van der Waals surface area contributed by atoms with Gasteiger partial charge in [0.1, 0.15) is 0 Å². The van der Waals surface area contributed by atoms with E-state index < -0.39 is 6.35 Å². The Bertz CT molecular complexity index is 418. The molecule has 0 spiro atoms. The third kappa shape index (κ3) is 2.92. The molecule has 0 aromatic carbocycles. The summed E-state index contributed by atoms with van der Waals surface area (Å²) in [6.07, 6.45) is 9.92. The van der Waals surface area contributed by atoms with Gasteiger partial charge in [0, 0.05) is 12.1 Å². The molecule has 4 rings (SSSR count). The number of nitrogens with one attached hydrogen (secondary N) is 3. The first-order chi connectivity index (χ1) is 10.2. The number of rotatable bonds is 4. The van der Waals surface area contributed by atoms with Crippen LogP contribution in [-0.4, -0.2) is 28.7 Å². The molecule has 4 saturated carbocycles. The Labute approximate surface area is 132 Å². The van der Waals surface area contributed by atoms with Gasteiger partial charge >= 0.3 is 0 Å². The fourth-order valence-electron chi connectivity index (χ4n) is 5.45. The van der Waals surface area contributed by atoms with E-state index in [1.165, 1.54) is 51.4 Å². The van der Waals surface area contributed by atoms with Crippen molar-refractivity contribution in [1.82, 2.24) is 16.0 Å². The zero-order chi connectivity index (χ0) is 14.4. The first-order valence-electron chi connectivity index (χ1n) is 8.68. The summed E-state index contributed by atoms with van der Waals surface area (Å²) in [7, 11) is 0. The SMILES string of the molecule is OC(NC(=S)NC1CC2CCC1C2)NC1CC2CCC1C2. The van der Waals surface area contributed by atoms with Crippen LogP contribution in [0.2, 0.25) is 0 Å². The quantitative estimate of drug-likeness (QED) is 0.470. The van der Waals surface area contributed by atoms with Gasteiger partial charge in [-0.15, -0.1) is 0 Å². The molecule has 4 nitrogen and oxygen atoms in total.